The van der Waals surface area contributed by atoms with Gasteiger partial charge in [-0.15, -0.1) is 0 Å². The van der Waals surface area contributed by atoms with Crippen molar-refractivity contribution in [2.45, 2.75) is 24.8 Å². The molecule has 1 amide bonds. The number of hydroxylamine groups is 2. The molecule has 0 bridgehead atoms. The summed E-state index contributed by atoms with van der Waals surface area (Å²) in [5.41, 5.74) is 1.33. The summed E-state index contributed by atoms with van der Waals surface area (Å²) in [5.74, 6) is -0.644. The topological polar surface area (TPSA) is 96.8 Å². The van der Waals surface area contributed by atoms with Gasteiger partial charge >= 0.3 is 0 Å². The second kappa shape index (κ2) is 7.69. The Kier molecular flexibility index (Phi) is 5.87. The largest absolute Gasteiger partial charge is 0.379 e. The fourth-order valence-electron chi connectivity index (χ4n) is 2.43. The van der Waals surface area contributed by atoms with Gasteiger partial charge in [-0.25, -0.2) is 13.5 Å². The van der Waals surface area contributed by atoms with Gasteiger partial charge in [-0.1, -0.05) is 18.2 Å². The monoisotopic (exact) mass is 352 g/mol. The molecule has 1 N–H and O–H groups in total. The van der Waals surface area contributed by atoms with E-state index in [1.54, 1.807) is 13.0 Å². The smallest absolute Gasteiger partial charge is 0.233 e. The van der Waals surface area contributed by atoms with Crippen LogP contribution in [0.25, 0.3) is 10.9 Å². The average molecular weight is 352 g/mol. The first-order valence-corrected chi connectivity index (χ1v) is 9.18. The molecular weight excluding hydrogens is 332 g/mol. The van der Waals surface area contributed by atoms with Gasteiger partial charge in [0.05, 0.1) is 29.2 Å². The number of para-hydroxylation sites is 1. The lowest BCUT2D eigenvalue weighted by Crippen LogP contribution is -2.45. The summed E-state index contributed by atoms with van der Waals surface area (Å²) in [6, 6.07) is 8.20. The van der Waals surface area contributed by atoms with Gasteiger partial charge < -0.3 is 4.74 Å². The van der Waals surface area contributed by atoms with Crippen LogP contribution in [0.4, 0.5) is 0 Å². The van der Waals surface area contributed by atoms with Crippen molar-refractivity contribution in [2.75, 3.05) is 12.9 Å². The van der Waals surface area contributed by atoms with E-state index in [0.29, 0.717) is 10.6 Å². The van der Waals surface area contributed by atoms with E-state index in [2.05, 4.69) is 4.98 Å². The molecule has 1 aromatic carbocycles. The maximum Gasteiger partial charge on any atom is 0.233 e. The molecule has 24 heavy (non-hydrogen) atoms. The SMILES string of the molecule is CO[C@@H](C)[C@H](CS(=O)(=O)Cc1cnc2ccccc2c1)N(O)C=O. The number of pyridine rings is 1. The minimum absolute atomic E-state index is 0.174. The summed E-state index contributed by atoms with van der Waals surface area (Å²) in [4.78, 5) is 15.0. The molecule has 0 spiro atoms. The summed E-state index contributed by atoms with van der Waals surface area (Å²) in [6.07, 6.45) is 1.06. The summed E-state index contributed by atoms with van der Waals surface area (Å²) in [5, 5.41) is 10.8. The van der Waals surface area contributed by atoms with E-state index in [1.165, 1.54) is 13.3 Å². The number of hydrogen-bond acceptors (Lipinski definition) is 6. The Morgan fingerprint density at radius 1 is 1.38 bits per heavy atom. The van der Waals surface area contributed by atoms with E-state index in [4.69, 9.17) is 4.74 Å². The lowest BCUT2D eigenvalue weighted by molar-refractivity contribution is -0.168. The Bertz CT molecular complexity index is 809. The Morgan fingerprint density at radius 2 is 2.08 bits per heavy atom. The normalized spacial score (nSPS) is 14.3. The molecule has 0 fully saturated rings. The molecule has 130 valence electrons. The third-order valence-corrected chi connectivity index (χ3v) is 5.44. The first kappa shape index (κ1) is 18.3. The number of ether oxygens (including phenoxy) is 1. The van der Waals surface area contributed by atoms with Crippen LogP contribution in [-0.2, 0) is 25.1 Å². The van der Waals surface area contributed by atoms with Crippen molar-refractivity contribution in [1.82, 2.24) is 10.0 Å². The minimum atomic E-state index is -3.59. The number of nitrogens with zero attached hydrogens (tertiary/aromatic N) is 2. The molecule has 1 heterocycles. The zero-order chi connectivity index (χ0) is 17.7. The van der Waals surface area contributed by atoms with Gasteiger partial charge in [-0.05, 0) is 24.6 Å². The molecule has 0 aliphatic rings. The molecule has 2 aromatic rings. The van der Waals surface area contributed by atoms with E-state index in [0.717, 1.165) is 10.9 Å². The van der Waals surface area contributed by atoms with Crippen LogP contribution in [-0.4, -0.2) is 55.1 Å². The maximum atomic E-state index is 12.5. The van der Waals surface area contributed by atoms with Crippen molar-refractivity contribution < 1.29 is 23.2 Å². The van der Waals surface area contributed by atoms with Crippen molar-refractivity contribution in [1.29, 1.82) is 0 Å². The van der Waals surface area contributed by atoms with Crippen molar-refractivity contribution in [3.05, 3.63) is 42.1 Å². The molecular formula is C16H20N2O5S. The molecule has 0 unspecified atom stereocenters. The number of amides is 1. The van der Waals surface area contributed by atoms with Gasteiger partial charge in [-0.3, -0.25) is 15.0 Å². The highest BCUT2D eigenvalue weighted by Crippen LogP contribution is 2.16. The molecule has 0 aliphatic carbocycles. The number of hydrogen-bond donors (Lipinski definition) is 1. The third kappa shape index (κ3) is 4.50. The Hall–Kier alpha value is -2.03. The molecule has 0 radical (unpaired) electrons. The van der Waals surface area contributed by atoms with Crippen LogP contribution in [0, 0.1) is 0 Å². The number of rotatable bonds is 8. The third-order valence-electron chi connectivity index (χ3n) is 3.82. The van der Waals surface area contributed by atoms with Crippen molar-refractivity contribution in [2.24, 2.45) is 0 Å². The summed E-state index contributed by atoms with van der Waals surface area (Å²) < 4.78 is 30.0. The minimum Gasteiger partial charge on any atom is -0.379 e. The van der Waals surface area contributed by atoms with Gasteiger partial charge in [0.25, 0.3) is 0 Å². The maximum absolute atomic E-state index is 12.5. The van der Waals surface area contributed by atoms with Crippen LogP contribution in [0.5, 0.6) is 0 Å². The highest BCUT2D eigenvalue weighted by molar-refractivity contribution is 7.90. The molecule has 7 nitrogen and oxygen atoms in total. The predicted octanol–water partition coefficient (Wildman–Crippen LogP) is 1.40. The number of sulfone groups is 1. The van der Waals surface area contributed by atoms with Crippen LogP contribution in [0.1, 0.15) is 12.5 Å². The van der Waals surface area contributed by atoms with E-state index in [9.17, 15) is 18.4 Å². The lowest BCUT2D eigenvalue weighted by atomic mass is 10.2. The van der Waals surface area contributed by atoms with E-state index in [1.807, 2.05) is 24.3 Å². The average Bonchev–Trinajstić information content (AvgIpc) is 2.58. The van der Waals surface area contributed by atoms with Crippen molar-refractivity contribution in [3.8, 4) is 0 Å². The molecule has 0 saturated heterocycles. The van der Waals surface area contributed by atoms with E-state index in [-0.39, 0.29) is 12.2 Å². The molecule has 0 aliphatic heterocycles. The molecule has 1 aromatic heterocycles. The predicted molar refractivity (Wildman–Crippen MR) is 89.2 cm³/mol. The summed E-state index contributed by atoms with van der Waals surface area (Å²) in [6.45, 7) is 1.59. The zero-order valence-corrected chi connectivity index (χ0v) is 14.3. The Balaban J connectivity index is 2.20. The number of aromatic nitrogens is 1. The molecule has 8 heteroatoms. The van der Waals surface area contributed by atoms with Crippen LogP contribution in [0.15, 0.2) is 36.5 Å². The van der Waals surface area contributed by atoms with Crippen LogP contribution in [0.2, 0.25) is 0 Å². The second-order valence-electron chi connectivity index (χ2n) is 5.58. The highest BCUT2D eigenvalue weighted by atomic mass is 32.2. The van der Waals surface area contributed by atoms with E-state index < -0.39 is 27.7 Å². The standard InChI is InChI=1S/C16H20N2O5S/c1-12(23-2)16(18(20)11-19)10-24(21,22)9-13-7-14-5-3-4-6-15(14)17-8-13/h3-8,11-12,16,20H,9-10H2,1-2H3/t12-,16-/m0/s1. The molecule has 0 saturated carbocycles. The number of benzene rings is 1. The fourth-order valence-corrected chi connectivity index (χ4v) is 4.16. The second-order valence-corrected chi connectivity index (χ2v) is 7.69. The van der Waals surface area contributed by atoms with Crippen molar-refractivity contribution >= 4 is 27.2 Å². The number of carbonyl (C=O) groups is 1. The van der Waals surface area contributed by atoms with Gasteiger partial charge in [0.15, 0.2) is 9.84 Å². The highest BCUT2D eigenvalue weighted by Gasteiger charge is 2.29. The fraction of sp³-hybridized carbons (Fsp3) is 0.375. The van der Waals surface area contributed by atoms with Crippen LogP contribution in [0.3, 0.4) is 0 Å². The van der Waals surface area contributed by atoms with Crippen LogP contribution < -0.4 is 0 Å². The van der Waals surface area contributed by atoms with E-state index >= 15 is 0 Å². The number of carbonyl (C=O) groups excluding carboxylic acids is 1. The van der Waals surface area contributed by atoms with Crippen molar-refractivity contribution in [3.63, 3.8) is 0 Å². The van der Waals surface area contributed by atoms with Gasteiger partial charge in [0.2, 0.25) is 6.41 Å². The van der Waals surface area contributed by atoms with Gasteiger partial charge in [-0.2, -0.15) is 0 Å². The quantitative estimate of drug-likeness (QED) is 0.438. The molecule has 2 atom stereocenters. The summed E-state index contributed by atoms with van der Waals surface area (Å²) in [7, 11) is -2.21. The zero-order valence-electron chi connectivity index (χ0n) is 13.5. The Morgan fingerprint density at radius 3 is 2.75 bits per heavy atom. The first-order valence-electron chi connectivity index (χ1n) is 7.35. The summed E-state index contributed by atoms with van der Waals surface area (Å²) >= 11 is 0. The van der Waals surface area contributed by atoms with Gasteiger partial charge in [0, 0.05) is 18.7 Å². The lowest BCUT2D eigenvalue weighted by Gasteiger charge is -2.27. The number of fused-ring (bicyclic) bond motifs is 1. The first-order chi connectivity index (χ1) is 11.4. The Labute approximate surface area is 140 Å². The van der Waals surface area contributed by atoms with Gasteiger partial charge in [0.1, 0.15) is 0 Å². The van der Waals surface area contributed by atoms with Crippen LogP contribution >= 0.6 is 0 Å². The number of methoxy groups -OCH3 is 1. The molecule has 2 rings (SSSR count).